The van der Waals surface area contributed by atoms with Crippen LogP contribution in [0.2, 0.25) is 0 Å². The number of amides is 1. The third-order valence-electron chi connectivity index (χ3n) is 16.0. The molecular weight excluding hydrogens is 634 g/mol. The number of fused-ring (bicyclic) bond motifs is 3. The second-order valence-electron chi connectivity index (χ2n) is 18.3. The number of ether oxygens (including phenoxy) is 3. The molecule has 2 bridgehead atoms. The molecule has 4 aliphatic carbocycles. The summed E-state index contributed by atoms with van der Waals surface area (Å²) in [7, 11) is 0. The van der Waals surface area contributed by atoms with E-state index in [1.165, 1.54) is 11.9 Å². The first kappa shape index (κ1) is 37.3. The van der Waals surface area contributed by atoms with E-state index in [4.69, 9.17) is 25.7 Å². The Balaban J connectivity index is 1.47. The molecule has 0 spiro atoms. The molecular formula is C39H63N5O6. The summed E-state index contributed by atoms with van der Waals surface area (Å²) in [5.41, 5.74) is 12.0. The van der Waals surface area contributed by atoms with Crippen molar-refractivity contribution in [2.24, 2.45) is 62.2 Å². The minimum atomic E-state index is -1.19. The van der Waals surface area contributed by atoms with E-state index in [1.54, 1.807) is 4.68 Å². The van der Waals surface area contributed by atoms with Gasteiger partial charge < -0.3 is 30.8 Å². The van der Waals surface area contributed by atoms with Crippen LogP contribution in [0.5, 0.6) is 0 Å². The number of primary amides is 1. The summed E-state index contributed by atoms with van der Waals surface area (Å²) in [6.07, 6.45) is 8.77. The van der Waals surface area contributed by atoms with Crippen LogP contribution in [0.1, 0.15) is 130 Å². The molecule has 280 valence electrons. The second kappa shape index (κ2) is 12.6. The van der Waals surface area contributed by atoms with Gasteiger partial charge in [-0.25, -0.2) is 14.5 Å². The van der Waals surface area contributed by atoms with Gasteiger partial charge in [-0.3, -0.25) is 4.79 Å². The Morgan fingerprint density at radius 1 is 1.10 bits per heavy atom. The first-order valence-electron chi connectivity index (χ1n) is 19.1. The quantitative estimate of drug-likeness (QED) is 0.177. The van der Waals surface area contributed by atoms with Gasteiger partial charge in [-0.05, 0) is 80.5 Å². The van der Waals surface area contributed by atoms with Gasteiger partial charge in [0.25, 0.3) is 5.91 Å². The number of carbonyl (C=O) groups is 2. The summed E-state index contributed by atoms with van der Waals surface area (Å²) < 4.78 is 21.4. The topological polar surface area (TPSA) is 165 Å². The third kappa shape index (κ3) is 5.21. The lowest BCUT2D eigenvalue weighted by Crippen LogP contribution is -2.70. The fraction of sp³-hybridized carbons (Fsp3) is 0.846. The van der Waals surface area contributed by atoms with Crippen molar-refractivity contribution in [3.05, 3.63) is 23.8 Å². The maximum atomic E-state index is 12.7. The maximum absolute atomic E-state index is 12.7. The lowest BCUT2D eigenvalue weighted by molar-refractivity contribution is -0.256. The Labute approximate surface area is 298 Å². The van der Waals surface area contributed by atoms with Gasteiger partial charge in [0, 0.05) is 27.2 Å². The zero-order valence-electron chi connectivity index (χ0n) is 32.0. The highest BCUT2D eigenvalue weighted by Gasteiger charge is 2.72. The SMILES string of the molecule is CCC(N)(CC)CO[C@H]1[C@H](n2ncnc2C(N)=O)C[C@@]23COC[C@]1(C)[C@@H]2CC[C@H]1C3=CC[C@]2(C)[C@H](OC(=O)O)[C@@](C)([C@H](C)C(C)C)CC[C@]12C. The van der Waals surface area contributed by atoms with Crippen LogP contribution in [0.15, 0.2) is 18.0 Å². The highest BCUT2D eigenvalue weighted by atomic mass is 16.7. The van der Waals surface area contributed by atoms with Gasteiger partial charge in [-0.2, -0.15) is 5.10 Å². The molecule has 5 N–H and O–H groups in total. The Bertz CT molecular complexity index is 1510. The van der Waals surface area contributed by atoms with Crippen molar-refractivity contribution in [3.63, 3.8) is 0 Å². The fourth-order valence-corrected chi connectivity index (χ4v) is 12.2. The second-order valence-corrected chi connectivity index (χ2v) is 18.3. The van der Waals surface area contributed by atoms with E-state index < -0.39 is 34.5 Å². The van der Waals surface area contributed by atoms with E-state index in [2.05, 4.69) is 78.5 Å². The van der Waals surface area contributed by atoms with E-state index in [0.717, 1.165) is 44.9 Å². The van der Waals surface area contributed by atoms with Crippen molar-refractivity contribution in [3.8, 4) is 0 Å². The van der Waals surface area contributed by atoms with Crippen molar-refractivity contribution in [1.82, 2.24) is 14.8 Å². The number of aromatic nitrogens is 3. The summed E-state index contributed by atoms with van der Waals surface area (Å²) in [6, 6.07) is -0.312. The molecule has 5 aliphatic rings. The summed E-state index contributed by atoms with van der Waals surface area (Å²) >= 11 is 0. The van der Waals surface area contributed by atoms with Gasteiger partial charge >= 0.3 is 6.16 Å². The van der Waals surface area contributed by atoms with Gasteiger partial charge in [0.1, 0.15) is 12.4 Å². The lowest BCUT2D eigenvalue weighted by Gasteiger charge is -2.71. The number of carbonyl (C=O) groups excluding carboxylic acids is 1. The Kier molecular flexibility index (Phi) is 9.37. The Hall–Kier alpha value is -2.50. The number of nitrogens with zero attached hydrogens (tertiary/aromatic N) is 3. The number of nitrogens with two attached hydrogens (primary N) is 2. The van der Waals surface area contributed by atoms with Crippen LogP contribution in [0.4, 0.5) is 4.79 Å². The molecule has 0 unspecified atom stereocenters. The minimum Gasteiger partial charge on any atom is -0.450 e. The van der Waals surface area contributed by atoms with Gasteiger partial charge in [0.05, 0.1) is 32.0 Å². The zero-order chi connectivity index (χ0) is 36.7. The summed E-state index contributed by atoms with van der Waals surface area (Å²) in [5.74, 6) is 0.696. The van der Waals surface area contributed by atoms with Crippen LogP contribution >= 0.6 is 0 Å². The largest absolute Gasteiger partial charge is 0.506 e. The molecule has 3 saturated carbocycles. The number of carboxylic acid groups (broad SMARTS) is 1. The first-order chi connectivity index (χ1) is 23.4. The number of hydrogen-bond acceptors (Lipinski definition) is 8. The molecule has 1 aromatic heterocycles. The van der Waals surface area contributed by atoms with Crippen LogP contribution in [-0.2, 0) is 14.2 Å². The van der Waals surface area contributed by atoms with Crippen LogP contribution in [0.3, 0.4) is 0 Å². The van der Waals surface area contributed by atoms with Gasteiger partial charge in [0.2, 0.25) is 5.82 Å². The van der Waals surface area contributed by atoms with E-state index in [0.29, 0.717) is 32.2 Å². The number of hydrogen-bond donors (Lipinski definition) is 3. The van der Waals surface area contributed by atoms with E-state index in [1.807, 2.05) is 0 Å². The molecule has 2 heterocycles. The van der Waals surface area contributed by atoms with Crippen LogP contribution in [0, 0.1) is 50.7 Å². The molecule has 4 fully saturated rings. The summed E-state index contributed by atoms with van der Waals surface area (Å²) in [4.78, 5) is 29.4. The molecule has 0 radical (unpaired) electrons. The molecule has 50 heavy (non-hydrogen) atoms. The van der Waals surface area contributed by atoms with Crippen molar-refractivity contribution >= 4 is 12.1 Å². The van der Waals surface area contributed by atoms with E-state index in [-0.39, 0.29) is 52.0 Å². The van der Waals surface area contributed by atoms with Crippen molar-refractivity contribution in [2.45, 2.75) is 137 Å². The third-order valence-corrected chi connectivity index (χ3v) is 16.0. The molecule has 1 saturated heterocycles. The highest BCUT2D eigenvalue weighted by molar-refractivity contribution is 5.89. The Morgan fingerprint density at radius 2 is 1.80 bits per heavy atom. The monoisotopic (exact) mass is 697 g/mol. The zero-order valence-corrected chi connectivity index (χ0v) is 32.0. The molecule has 1 amide bonds. The van der Waals surface area contributed by atoms with Crippen molar-refractivity contribution < 1.29 is 28.9 Å². The van der Waals surface area contributed by atoms with Crippen LogP contribution in [-0.4, -0.2) is 69.5 Å². The molecule has 11 atom stereocenters. The number of rotatable bonds is 10. The van der Waals surface area contributed by atoms with Gasteiger partial charge in [-0.15, -0.1) is 0 Å². The fourth-order valence-electron chi connectivity index (χ4n) is 12.2. The predicted molar refractivity (Wildman–Crippen MR) is 190 cm³/mol. The minimum absolute atomic E-state index is 0.134. The first-order valence-corrected chi connectivity index (χ1v) is 19.1. The molecule has 0 aromatic carbocycles. The standard InChI is InChI=1S/C39H63N5O6/c1-10-38(41,11-2)20-49-29-27(44-31(30(40)45)42-22-43-44)18-39-21-48-19-35(29,7)28(39)13-12-25-26(39)14-15-37(9)32(50-33(46)47)34(6,24(5)23(3)4)16-17-36(25,37)8/h14,22-25,27-29,32H,10-13,15-21,41H2,1-9H3,(H2,40,45)(H,46,47)/t24-,25+,27-,28+,29+,32-,34-,35-,36-,37-,39+/m1/s1. The summed E-state index contributed by atoms with van der Waals surface area (Å²) in [6.45, 7) is 21.7. The lowest BCUT2D eigenvalue weighted by atomic mass is 9.35. The molecule has 11 nitrogen and oxygen atoms in total. The average molecular weight is 698 g/mol. The van der Waals surface area contributed by atoms with Gasteiger partial charge in [0.15, 0.2) is 0 Å². The van der Waals surface area contributed by atoms with Crippen molar-refractivity contribution in [1.29, 1.82) is 0 Å². The summed E-state index contributed by atoms with van der Waals surface area (Å²) in [5, 5.41) is 14.8. The molecule has 1 aliphatic heterocycles. The van der Waals surface area contributed by atoms with E-state index in [9.17, 15) is 14.7 Å². The van der Waals surface area contributed by atoms with Crippen molar-refractivity contribution in [2.75, 3.05) is 19.8 Å². The van der Waals surface area contributed by atoms with E-state index >= 15 is 0 Å². The molecule has 11 heteroatoms. The predicted octanol–water partition coefficient (Wildman–Crippen LogP) is 6.77. The molecule has 6 rings (SSSR count). The van der Waals surface area contributed by atoms with Gasteiger partial charge in [-0.1, -0.05) is 74.0 Å². The maximum Gasteiger partial charge on any atom is 0.506 e. The normalized spacial score (nSPS) is 41.7. The molecule has 1 aromatic rings. The van der Waals surface area contributed by atoms with Crippen LogP contribution < -0.4 is 11.5 Å². The highest BCUT2D eigenvalue weighted by Crippen LogP contribution is 2.74. The Morgan fingerprint density at radius 3 is 2.42 bits per heavy atom. The average Bonchev–Trinajstić information content (AvgIpc) is 3.56. The smallest absolute Gasteiger partial charge is 0.450 e. The van der Waals surface area contributed by atoms with Crippen LogP contribution in [0.25, 0.3) is 0 Å². The number of allylic oxidation sites excluding steroid dienone is 1.